The smallest absolute Gasteiger partial charge is 0.414 e. The van der Waals surface area contributed by atoms with Gasteiger partial charge in [-0.3, -0.25) is 4.90 Å². The number of methoxy groups -OCH3 is 1. The molecule has 0 bridgehead atoms. The Labute approximate surface area is 229 Å². The van der Waals surface area contributed by atoms with Crippen LogP contribution in [-0.4, -0.2) is 99.9 Å². The molecule has 0 N–H and O–H groups in total. The van der Waals surface area contributed by atoms with Gasteiger partial charge < -0.3 is 28.7 Å². The average Bonchev–Trinajstić information content (AvgIpc) is 3.68. The molecule has 1 spiro atoms. The van der Waals surface area contributed by atoms with E-state index in [1.165, 1.54) is 6.07 Å². The molecule has 9 nitrogen and oxygen atoms in total. The van der Waals surface area contributed by atoms with Gasteiger partial charge in [0.05, 0.1) is 25.5 Å². The highest BCUT2D eigenvalue weighted by molar-refractivity contribution is 5.91. The van der Waals surface area contributed by atoms with Gasteiger partial charge in [0.25, 0.3) is 0 Å². The standard InChI is InChI=1S/C29H40FN3O6/c1-36-13-14-38-27(34)32-9-2-3-20-15-22(17-26(20)32)31-10-7-29(8-11-31)19-33(25-5-4-21(30)16-24(25)29)28(35)39-23-6-12-37-18-23/h4-5,16,20,22-23,26H,2-3,6-15,17-19H2,1H3/t20?,22?,23-,26?/m1/s1. The predicted molar refractivity (Wildman–Crippen MR) is 141 cm³/mol. The number of benzene rings is 1. The first kappa shape index (κ1) is 26.8. The van der Waals surface area contributed by atoms with Crippen LogP contribution in [-0.2, 0) is 24.4 Å². The number of hydrogen-bond donors (Lipinski definition) is 0. The molecule has 10 heteroatoms. The molecule has 0 aromatic heterocycles. The molecule has 2 amide bonds. The van der Waals surface area contributed by atoms with Gasteiger partial charge in [0.15, 0.2) is 0 Å². The van der Waals surface area contributed by atoms with Gasteiger partial charge in [0.1, 0.15) is 18.5 Å². The average molecular weight is 546 g/mol. The van der Waals surface area contributed by atoms with Crippen LogP contribution < -0.4 is 4.90 Å². The molecule has 1 saturated carbocycles. The zero-order valence-electron chi connectivity index (χ0n) is 22.8. The van der Waals surface area contributed by atoms with Gasteiger partial charge in [-0.1, -0.05) is 0 Å². The summed E-state index contributed by atoms with van der Waals surface area (Å²) in [5.74, 6) is 0.230. The van der Waals surface area contributed by atoms with E-state index < -0.39 is 0 Å². The van der Waals surface area contributed by atoms with Gasteiger partial charge >= 0.3 is 12.2 Å². The molecule has 3 saturated heterocycles. The van der Waals surface area contributed by atoms with Crippen LogP contribution in [0.4, 0.5) is 19.7 Å². The van der Waals surface area contributed by atoms with E-state index in [2.05, 4.69) is 4.90 Å². The highest BCUT2D eigenvalue weighted by Gasteiger charge is 2.50. The van der Waals surface area contributed by atoms with Crippen LogP contribution in [0.1, 0.15) is 50.5 Å². The number of hydrogen-bond acceptors (Lipinski definition) is 7. The number of likely N-dealkylation sites (tertiary alicyclic amines) is 2. The molecule has 1 aromatic carbocycles. The second-order valence-corrected chi connectivity index (χ2v) is 11.8. The quantitative estimate of drug-likeness (QED) is 0.519. The summed E-state index contributed by atoms with van der Waals surface area (Å²) >= 11 is 0. The monoisotopic (exact) mass is 545 g/mol. The highest BCUT2D eigenvalue weighted by atomic mass is 19.1. The third-order valence-corrected chi connectivity index (χ3v) is 9.68. The van der Waals surface area contributed by atoms with Crippen molar-refractivity contribution in [1.82, 2.24) is 9.80 Å². The summed E-state index contributed by atoms with van der Waals surface area (Å²) in [5, 5.41) is 0. The predicted octanol–water partition coefficient (Wildman–Crippen LogP) is 3.93. The lowest BCUT2D eigenvalue weighted by molar-refractivity contribution is 0.0436. The van der Waals surface area contributed by atoms with E-state index in [0.717, 1.165) is 69.4 Å². The summed E-state index contributed by atoms with van der Waals surface area (Å²) < 4.78 is 36.0. The fourth-order valence-electron chi connectivity index (χ4n) is 7.64. The molecule has 4 aliphatic heterocycles. The number of halogens is 1. The molecule has 1 aliphatic carbocycles. The molecule has 1 aromatic rings. The molecule has 4 fully saturated rings. The first-order valence-electron chi connectivity index (χ1n) is 14.5. The molecule has 3 unspecified atom stereocenters. The Morgan fingerprint density at radius 3 is 2.72 bits per heavy atom. The minimum atomic E-state index is -0.366. The third kappa shape index (κ3) is 5.23. The maximum absolute atomic E-state index is 14.4. The molecular weight excluding hydrogens is 505 g/mol. The minimum absolute atomic E-state index is 0.220. The molecule has 4 atom stereocenters. The van der Waals surface area contributed by atoms with E-state index in [-0.39, 0.29) is 42.2 Å². The lowest BCUT2D eigenvalue weighted by Gasteiger charge is -2.42. The SMILES string of the molecule is COCCOC(=O)N1CCCC2CC(N3CCC4(CC3)CN(C(=O)O[C@@H]3CCOC3)c3ccc(F)cc34)CC21. The molecule has 4 heterocycles. The maximum Gasteiger partial charge on any atom is 0.414 e. The number of anilines is 1. The van der Waals surface area contributed by atoms with Gasteiger partial charge in [-0.2, -0.15) is 0 Å². The number of rotatable bonds is 5. The Morgan fingerprint density at radius 2 is 1.95 bits per heavy atom. The topological polar surface area (TPSA) is 80.8 Å². The Morgan fingerprint density at radius 1 is 1.10 bits per heavy atom. The number of ether oxygens (including phenoxy) is 4. The van der Waals surface area contributed by atoms with Crippen molar-refractivity contribution in [3.63, 3.8) is 0 Å². The Kier molecular flexibility index (Phi) is 7.70. The number of carbonyl (C=O) groups is 2. The summed E-state index contributed by atoms with van der Waals surface area (Å²) in [6.07, 6.45) is 5.83. The van der Waals surface area contributed by atoms with Gasteiger partial charge in [-0.25, -0.2) is 14.0 Å². The van der Waals surface area contributed by atoms with E-state index in [0.29, 0.717) is 44.7 Å². The second kappa shape index (κ2) is 11.2. The van der Waals surface area contributed by atoms with Crippen molar-refractivity contribution in [1.29, 1.82) is 0 Å². The molecule has 5 aliphatic rings. The summed E-state index contributed by atoms with van der Waals surface area (Å²) in [6, 6.07) is 5.41. The van der Waals surface area contributed by atoms with Crippen LogP contribution in [0.2, 0.25) is 0 Å². The van der Waals surface area contributed by atoms with E-state index in [4.69, 9.17) is 18.9 Å². The van der Waals surface area contributed by atoms with Crippen LogP contribution in [0.5, 0.6) is 0 Å². The van der Waals surface area contributed by atoms with Crippen molar-refractivity contribution in [2.24, 2.45) is 5.92 Å². The van der Waals surface area contributed by atoms with Gasteiger partial charge in [0, 0.05) is 44.1 Å². The summed E-state index contributed by atoms with van der Waals surface area (Å²) in [7, 11) is 1.60. The number of carbonyl (C=O) groups excluding carboxylic acids is 2. The van der Waals surface area contributed by atoms with Crippen LogP contribution in [0.15, 0.2) is 18.2 Å². The van der Waals surface area contributed by atoms with E-state index in [1.54, 1.807) is 24.1 Å². The normalized spacial score (nSPS) is 29.9. The summed E-state index contributed by atoms with van der Waals surface area (Å²) in [4.78, 5) is 32.1. The van der Waals surface area contributed by atoms with E-state index in [9.17, 15) is 14.0 Å². The number of nitrogens with zero attached hydrogens (tertiary/aromatic N) is 3. The zero-order chi connectivity index (χ0) is 27.0. The van der Waals surface area contributed by atoms with Crippen LogP contribution in [0.3, 0.4) is 0 Å². The fraction of sp³-hybridized carbons (Fsp3) is 0.724. The minimum Gasteiger partial charge on any atom is -0.447 e. The van der Waals surface area contributed by atoms with Crippen molar-refractivity contribution in [2.45, 2.75) is 68.5 Å². The van der Waals surface area contributed by atoms with Crippen molar-refractivity contribution in [2.75, 3.05) is 64.6 Å². The fourth-order valence-corrected chi connectivity index (χ4v) is 7.64. The third-order valence-electron chi connectivity index (χ3n) is 9.68. The largest absolute Gasteiger partial charge is 0.447 e. The number of amides is 2. The Balaban J connectivity index is 1.11. The first-order chi connectivity index (χ1) is 19.0. The maximum atomic E-state index is 14.4. The number of piperidine rings is 2. The van der Waals surface area contributed by atoms with Gasteiger partial charge in [-0.15, -0.1) is 0 Å². The van der Waals surface area contributed by atoms with Gasteiger partial charge in [0.2, 0.25) is 0 Å². The van der Waals surface area contributed by atoms with E-state index in [1.807, 2.05) is 4.90 Å². The summed E-state index contributed by atoms with van der Waals surface area (Å²) in [6.45, 7) is 4.77. The van der Waals surface area contributed by atoms with E-state index >= 15 is 0 Å². The van der Waals surface area contributed by atoms with Crippen molar-refractivity contribution < 1.29 is 32.9 Å². The first-order valence-corrected chi connectivity index (χ1v) is 14.5. The van der Waals surface area contributed by atoms with Gasteiger partial charge in [-0.05, 0) is 81.3 Å². The second-order valence-electron chi connectivity index (χ2n) is 11.8. The molecule has 0 radical (unpaired) electrons. The van der Waals surface area contributed by atoms with Crippen LogP contribution in [0.25, 0.3) is 0 Å². The molecule has 39 heavy (non-hydrogen) atoms. The summed E-state index contributed by atoms with van der Waals surface area (Å²) in [5.41, 5.74) is 1.41. The van der Waals surface area contributed by atoms with Crippen LogP contribution in [0, 0.1) is 11.7 Å². The van der Waals surface area contributed by atoms with Crippen molar-refractivity contribution in [3.05, 3.63) is 29.6 Å². The molecule has 214 valence electrons. The lowest BCUT2D eigenvalue weighted by atomic mass is 9.74. The van der Waals surface area contributed by atoms with Crippen LogP contribution >= 0.6 is 0 Å². The zero-order valence-corrected chi connectivity index (χ0v) is 22.8. The lowest BCUT2D eigenvalue weighted by Crippen LogP contribution is -2.49. The Bertz CT molecular complexity index is 1060. The Hall–Kier alpha value is -2.43. The molecular formula is C29H40FN3O6. The molecule has 6 rings (SSSR count). The van der Waals surface area contributed by atoms with Crippen molar-refractivity contribution >= 4 is 17.9 Å². The number of fused-ring (bicyclic) bond motifs is 3. The highest BCUT2D eigenvalue weighted by Crippen LogP contribution is 2.49. The van der Waals surface area contributed by atoms with Crippen molar-refractivity contribution in [3.8, 4) is 0 Å².